The van der Waals surface area contributed by atoms with Crippen molar-refractivity contribution in [2.75, 3.05) is 40.9 Å². The minimum absolute atomic E-state index is 0.00959. The van der Waals surface area contributed by atoms with Crippen LogP contribution in [-0.4, -0.2) is 68.5 Å². The number of aliphatic hydroxyl groups excluding tert-OH is 1. The molecule has 0 bridgehead atoms. The van der Waals surface area contributed by atoms with Crippen molar-refractivity contribution in [3.8, 4) is 0 Å². The minimum atomic E-state index is -4.59. The number of phosphoric ester groups is 1. The normalized spacial score (nSPS) is 15.4. The van der Waals surface area contributed by atoms with Crippen LogP contribution < -0.4 is 10.2 Å². The molecule has 0 aliphatic heterocycles. The highest BCUT2D eigenvalue weighted by molar-refractivity contribution is 7.45. The number of quaternary nitrogens is 1. The van der Waals surface area contributed by atoms with Crippen LogP contribution in [-0.2, 0) is 18.4 Å². The maximum absolute atomic E-state index is 12.8. The van der Waals surface area contributed by atoms with Crippen molar-refractivity contribution in [1.29, 1.82) is 0 Å². The lowest BCUT2D eigenvalue weighted by Gasteiger charge is -2.29. The number of nitrogens with one attached hydrogen (secondary N) is 1. The van der Waals surface area contributed by atoms with Crippen molar-refractivity contribution in [3.05, 3.63) is 72.9 Å². The zero-order chi connectivity index (χ0) is 37.9. The van der Waals surface area contributed by atoms with Gasteiger partial charge in [0.15, 0.2) is 0 Å². The molecule has 51 heavy (non-hydrogen) atoms. The summed E-state index contributed by atoms with van der Waals surface area (Å²) in [6, 6.07) is -0.897. The van der Waals surface area contributed by atoms with E-state index in [0.29, 0.717) is 17.4 Å². The first kappa shape index (κ1) is 48.9. The highest BCUT2D eigenvalue weighted by Crippen LogP contribution is 2.38. The Labute approximate surface area is 313 Å². The second-order valence-electron chi connectivity index (χ2n) is 14.3. The van der Waals surface area contributed by atoms with Gasteiger partial charge in [-0.2, -0.15) is 0 Å². The van der Waals surface area contributed by atoms with E-state index in [-0.39, 0.29) is 12.5 Å². The Bertz CT molecular complexity index is 1060. The van der Waals surface area contributed by atoms with Gasteiger partial charge in [-0.3, -0.25) is 9.36 Å². The average molecular weight is 735 g/mol. The van der Waals surface area contributed by atoms with Gasteiger partial charge in [-0.1, -0.05) is 138 Å². The molecule has 2 N–H and O–H groups in total. The first-order valence-electron chi connectivity index (χ1n) is 19.8. The largest absolute Gasteiger partial charge is 0.756 e. The van der Waals surface area contributed by atoms with Crippen LogP contribution >= 0.6 is 7.82 Å². The topological polar surface area (TPSA) is 108 Å². The molecule has 0 aromatic heterocycles. The molecule has 1 amide bonds. The number of carbonyl (C=O) groups excluding carboxylic acids is 1. The molecule has 8 nitrogen and oxygen atoms in total. The van der Waals surface area contributed by atoms with Gasteiger partial charge in [0, 0.05) is 6.42 Å². The zero-order valence-electron chi connectivity index (χ0n) is 33.0. The number of likely N-dealkylation sites (N-methyl/N-ethyl adjacent to an activating group) is 1. The molecule has 0 heterocycles. The van der Waals surface area contributed by atoms with Crippen molar-refractivity contribution in [3.63, 3.8) is 0 Å². The molecule has 294 valence electrons. The van der Waals surface area contributed by atoms with Gasteiger partial charge in [0.05, 0.1) is 39.9 Å². The molecule has 0 saturated carbocycles. The van der Waals surface area contributed by atoms with E-state index in [9.17, 15) is 19.4 Å². The van der Waals surface area contributed by atoms with Crippen LogP contribution in [0.3, 0.4) is 0 Å². The summed E-state index contributed by atoms with van der Waals surface area (Å²) in [7, 11) is 1.23. The van der Waals surface area contributed by atoms with E-state index in [1.165, 1.54) is 25.7 Å². The lowest BCUT2D eigenvalue weighted by atomic mass is 10.1. The number of allylic oxidation sites excluding steroid dienone is 11. The second kappa shape index (κ2) is 33.8. The molecule has 0 rings (SSSR count). The summed E-state index contributed by atoms with van der Waals surface area (Å²) in [5, 5.41) is 13.6. The Balaban J connectivity index is 4.41. The lowest BCUT2D eigenvalue weighted by molar-refractivity contribution is -0.870. The molecular formula is C42H75N2O6P. The Morgan fingerprint density at radius 1 is 0.706 bits per heavy atom. The summed E-state index contributed by atoms with van der Waals surface area (Å²) in [4.78, 5) is 25.1. The summed E-state index contributed by atoms with van der Waals surface area (Å²) in [5.41, 5.74) is 0. The highest BCUT2D eigenvalue weighted by Gasteiger charge is 2.23. The number of carbonyl (C=O) groups is 1. The predicted molar refractivity (Wildman–Crippen MR) is 214 cm³/mol. The molecule has 0 radical (unpaired) electrons. The second-order valence-corrected chi connectivity index (χ2v) is 15.7. The number of aliphatic hydroxyl groups is 1. The number of hydrogen-bond donors (Lipinski definition) is 2. The van der Waals surface area contributed by atoms with Crippen LogP contribution in [0, 0.1) is 0 Å². The standard InChI is InChI=1S/C42H75N2O6P/c1-6-8-10-12-14-16-17-18-19-20-21-22-23-24-25-26-27-28-30-32-34-36-42(46)43-40(39-50-51(47,48)49-38-37-44(3,4)5)41(45)35-33-31-29-15-13-11-9-7-2/h8,10,14,16,18-19,21-22,24-25,33,35,40-41,45H,6-7,9,11-13,15,17,20,23,26-32,34,36-39H2,1-5H3,(H-,43,46,47,48)/b10-8-,16-14-,19-18-,22-21-,25-24-,35-33+. The van der Waals surface area contributed by atoms with Gasteiger partial charge in [-0.15, -0.1) is 0 Å². The van der Waals surface area contributed by atoms with E-state index < -0.39 is 26.6 Å². The highest BCUT2D eigenvalue weighted by atomic mass is 31.2. The summed E-state index contributed by atoms with van der Waals surface area (Å²) in [6.07, 6.45) is 43.8. The number of nitrogens with zero attached hydrogens (tertiary/aromatic N) is 1. The van der Waals surface area contributed by atoms with E-state index in [1.54, 1.807) is 6.08 Å². The fourth-order valence-corrected chi connectivity index (χ4v) is 5.72. The van der Waals surface area contributed by atoms with Crippen LogP contribution in [0.2, 0.25) is 0 Å². The summed E-state index contributed by atoms with van der Waals surface area (Å²) in [5.74, 6) is -0.225. The molecule has 0 aromatic rings. The molecule has 3 unspecified atom stereocenters. The molecule has 0 fully saturated rings. The van der Waals surface area contributed by atoms with Crippen molar-refractivity contribution in [2.24, 2.45) is 0 Å². The molecule has 9 heteroatoms. The van der Waals surface area contributed by atoms with Crippen LogP contribution in [0.15, 0.2) is 72.9 Å². The molecular weight excluding hydrogens is 659 g/mol. The van der Waals surface area contributed by atoms with Crippen molar-refractivity contribution < 1.29 is 32.9 Å². The number of unbranched alkanes of at least 4 members (excludes halogenated alkanes) is 11. The fourth-order valence-electron chi connectivity index (χ4n) is 5.00. The van der Waals surface area contributed by atoms with E-state index >= 15 is 0 Å². The third-order valence-corrected chi connectivity index (χ3v) is 9.14. The summed E-state index contributed by atoms with van der Waals surface area (Å²) < 4.78 is 23.0. The predicted octanol–water partition coefficient (Wildman–Crippen LogP) is 9.83. The van der Waals surface area contributed by atoms with E-state index in [1.807, 2.05) is 27.2 Å². The van der Waals surface area contributed by atoms with Gasteiger partial charge in [-0.25, -0.2) is 0 Å². The van der Waals surface area contributed by atoms with E-state index in [4.69, 9.17) is 9.05 Å². The maximum Gasteiger partial charge on any atom is 0.268 e. The van der Waals surface area contributed by atoms with Crippen LogP contribution in [0.1, 0.15) is 136 Å². The Kier molecular flexibility index (Phi) is 32.4. The smallest absolute Gasteiger partial charge is 0.268 e. The quantitative estimate of drug-likeness (QED) is 0.0295. The van der Waals surface area contributed by atoms with Crippen molar-refractivity contribution >= 4 is 13.7 Å². The van der Waals surface area contributed by atoms with Gasteiger partial charge in [0.25, 0.3) is 7.82 Å². The zero-order valence-corrected chi connectivity index (χ0v) is 33.9. The molecule has 0 aromatic carbocycles. The lowest BCUT2D eigenvalue weighted by Crippen LogP contribution is -2.45. The van der Waals surface area contributed by atoms with Crippen molar-refractivity contribution in [1.82, 2.24) is 5.32 Å². The fraction of sp³-hybridized carbons (Fsp3) is 0.690. The summed E-state index contributed by atoms with van der Waals surface area (Å²) in [6.45, 7) is 4.43. The van der Waals surface area contributed by atoms with Gasteiger partial charge >= 0.3 is 0 Å². The van der Waals surface area contributed by atoms with Gasteiger partial charge in [0.1, 0.15) is 13.2 Å². The molecule has 0 aliphatic carbocycles. The monoisotopic (exact) mass is 735 g/mol. The molecule has 0 saturated heterocycles. The summed E-state index contributed by atoms with van der Waals surface area (Å²) >= 11 is 0. The van der Waals surface area contributed by atoms with Crippen LogP contribution in [0.25, 0.3) is 0 Å². The van der Waals surface area contributed by atoms with Gasteiger partial charge in [0.2, 0.25) is 5.91 Å². The van der Waals surface area contributed by atoms with Gasteiger partial charge < -0.3 is 28.8 Å². The Morgan fingerprint density at radius 3 is 1.75 bits per heavy atom. The first-order valence-corrected chi connectivity index (χ1v) is 21.3. The Morgan fingerprint density at radius 2 is 1.20 bits per heavy atom. The van der Waals surface area contributed by atoms with Crippen LogP contribution in [0.5, 0.6) is 0 Å². The van der Waals surface area contributed by atoms with Gasteiger partial charge in [-0.05, 0) is 64.2 Å². The Hall–Kier alpha value is -2.06. The van der Waals surface area contributed by atoms with E-state index in [0.717, 1.165) is 89.9 Å². The SMILES string of the molecule is CC/C=C\C/C=C\C/C=C\C/C=C\C/C=C\CCCCCCCC(=O)NC(COP(=O)([O-])OCC[N+](C)(C)C)C(O)/C=C/CCCCCCCC. The van der Waals surface area contributed by atoms with E-state index in [2.05, 4.69) is 79.9 Å². The average Bonchev–Trinajstić information content (AvgIpc) is 3.07. The number of rotatable bonds is 34. The van der Waals surface area contributed by atoms with Crippen LogP contribution in [0.4, 0.5) is 0 Å². The number of amides is 1. The first-order chi connectivity index (χ1) is 24.5. The third kappa shape index (κ3) is 36.1. The van der Waals surface area contributed by atoms with Crippen molar-refractivity contribution in [2.45, 2.75) is 148 Å². The maximum atomic E-state index is 12.8. The molecule has 0 spiro atoms. The number of phosphoric acid groups is 1. The third-order valence-electron chi connectivity index (χ3n) is 8.17. The molecule has 3 atom stereocenters. The molecule has 0 aliphatic rings. The number of hydrogen-bond acceptors (Lipinski definition) is 6. The minimum Gasteiger partial charge on any atom is -0.756 e.